The monoisotopic (exact) mass is 295 g/mol. The van der Waals surface area contributed by atoms with Crippen molar-refractivity contribution in [3.8, 4) is 17.5 Å². The third-order valence-electron chi connectivity index (χ3n) is 2.85. The normalized spacial score (nSPS) is 9.82. The van der Waals surface area contributed by atoms with Gasteiger partial charge in [0.15, 0.2) is 0 Å². The van der Waals surface area contributed by atoms with Crippen LogP contribution in [0.15, 0.2) is 36.5 Å². The first-order chi connectivity index (χ1) is 10.7. The molecule has 6 nitrogen and oxygen atoms in total. The van der Waals surface area contributed by atoms with Crippen molar-refractivity contribution in [1.82, 2.24) is 9.97 Å². The molecule has 110 valence electrons. The highest BCUT2D eigenvalue weighted by atomic mass is 16.5. The highest BCUT2D eigenvalue weighted by molar-refractivity contribution is 6.34. The number of aromatic nitrogens is 2. The molecule has 0 saturated carbocycles. The number of carbonyl (C=O) groups is 2. The maximum absolute atomic E-state index is 11.8. The summed E-state index contributed by atoms with van der Waals surface area (Å²) in [5.74, 6) is -1.65. The highest BCUT2D eigenvalue weighted by Gasteiger charge is 2.19. The minimum Gasteiger partial charge on any atom is -0.460 e. The molecule has 0 aliphatic rings. The van der Waals surface area contributed by atoms with E-state index in [9.17, 15) is 9.59 Å². The summed E-state index contributed by atoms with van der Waals surface area (Å²) in [6.07, 6.45) is 1.35. The van der Waals surface area contributed by atoms with Crippen molar-refractivity contribution in [1.29, 1.82) is 5.26 Å². The van der Waals surface area contributed by atoms with Crippen LogP contribution in [0, 0.1) is 11.3 Å². The van der Waals surface area contributed by atoms with Gasteiger partial charge in [-0.15, -0.1) is 0 Å². The largest absolute Gasteiger partial charge is 0.460 e. The average Bonchev–Trinajstić information content (AvgIpc) is 2.55. The zero-order valence-corrected chi connectivity index (χ0v) is 11.9. The van der Waals surface area contributed by atoms with Gasteiger partial charge in [0.05, 0.1) is 35.7 Å². The molecule has 0 aliphatic carbocycles. The van der Waals surface area contributed by atoms with E-state index in [2.05, 4.69) is 14.7 Å². The molecule has 0 amide bonds. The number of ether oxygens (including phenoxy) is 1. The minimum absolute atomic E-state index is 0.122. The van der Waals surface area contributed by atoms with Crippen LogP contribution in [0.25, 0.3) is 11.4 Å². The summed E-state index contributed by atoms with van der Waals surface area (Å²) in [6, 6.07) is 10.5. The van der Waals surface area contributed by atoms with Crippen LogP contribution in [0.5, 0.6) is 0 Å². The number of ketones is 1. The number of carbonyl (C=O) groups excluding carboxylic acids is 2. The molecule has 0 saturated heterocycles. The maximum Gasteiger partial charge on any atom is 0.375 e. The fourth-order valence-corrected chi connectivity index (χ4v) is 1.83. The number of hydrogen-bond acceptors (Lipinski definition) is 6. The van der Waals surface area contributed by atoms with E-state index in [1.54, 1.807) is 37.4 Å². The lowest BCUT2D eigenvalue weighted by Crippen LogP contribution is -2.20. The predicted molar refractivity (Wildman–Crippen MR) is 77.5 cm³/mol. The van der Waals surface area contributed by atoms with Gasteiger partial charge >= 0.3 is 5.97 Å². The summed E-state index contributed by atoms with van der Waals surface area (Å²) in [5.41, 5.74) is 1.64. The van der Waals surface area contributed by atoms with Gasteiger partial charge in [0.25, 0.3) is 0 Å². The van der Waals surface area contributed by atoms with Gasteiger partial charge in [0, 0.05) is 6.20 Å². The van der Waals surface area contributed by atoms with Crippen LogP contribution in [0.1, 0.15) is 18.2 Å². The number of nitriles is 1. The predicted octanol–water partition coefficient (Wildman–Crippen LogP) is 1.69. The van der Waals surface area contributed by atoms with E-state index >= 15 is 0 Å². The second-order valence-corrected chi connectivity index (χ2v) is 4.34. The zero-order chi connectivity index (χ0) is 15.9. The van der Waals surface area contributed by atoms with Gasteiger partial charge in [0.2, 0.25) is 5.78 Å². The van der Waals surface area contributed by atoms with Crippen LogP contribution in [0.2, 0.25) is 0 Å². The Labute approximate surface area is 127 Å². The SMILES string of the molecule is CCOC(=O)C(=O)Cc1nc(-c2ccccn2)ccc1C#N. The Bertz CT molecular complexity index is 736. The van der Waals surface area contributed by atoms with Crippen LogP contribution < -0.4 is 0 Å². The van der Waals surface area contributed by atoms with Crippen LogP contribution in [0.4, 0.5) is 0 Å². The van der Waals surface area contributed by atoms with Gasteiger partial charge in [-0.05, 0) is 31.2 Å². The molecule has 0 fully saturated rings. The van der Waals surface area contributed by atoms with E-state index in [0.717, 1.165) is 0 Å². The summed E-state index contributed by atoms with van der Waals surface area (Å²) in [5, 5.41) is 9.10. The van der Waals surface area contributed by atoms with Crippen LogP contribution in [-0.2, 0) is 20.7 Å². The molecule has 0 radical (unpaired) electrons. The van der Waals surface area contributed by atoms with Crippen molar-refractivity contribution in [3.63, 3.8) is 0 Å². The van der Waals surface area contributed by atoms with E-state index in [-0.39, 0.29) is 24.3 Å². The number of rotatable bonds is 5. The van der Waals surface area contributed by atoms with Crippen molar-refractivity contribution in [2.45, 2.75) is 13.3 Å². The average molecular weight is 295 g/mol. The standard InChI is InChI=1S/C16H13N3O3/c1-2-22-16(21)15(20)9-14-11(10-17)6-7-13(19-14)12-5-3-4-8-18-12/h3-8H,2,9H2,1H3. The molecule has 6 heteroatoms. The lowest BCUT2D eigenvalue weighted by Gasteiger charge is -2.06. The van der Waals surface area contributed by atoms with Gasteiger partial charge in [0.1, 0.15) is 6.07 Å². The fraction of sp³-hybridized carbons (Fsp3) is 0.188. The Morgan fingerprint density at radius 2 is 2.05 bits per heavy atom. The van der Waals surface area contributed by atoms with Crippen molar-refractivity contribution in [2.75, 3.05) is 6.61 Å². The van der Waals surface area contributed by atoms with Gasteiger partial charge < -0.3 is 4.74 Å². The lowest BCUT2D eigenvalue weighted by molar-refractivity contribution is -0.153. The van der Waals surface area contributed by atoms with E-state index in [1.807, 2.05) is 12.1 Å². The molecule has 0 atom stereocenters. The molecule has 0 spiro atoms. The van der Waals surface area contributed by atoms with Crippen LogP contribution >= 0.6 is 0 Å². The molecule has 0 aromatic carbocycles. The first kappa shape index (κ1) is 15.3. The minimum atomic E-state index is -0.920. The number of esters is 1. The van der Waals surface area contributed by atoms with E-state index in [0.29, 0.717) is 11.4 Å². The molecular weight excluding hydrogens is 282 g/mol. The van der Waals surface area contributed by atoms with Crippen molar-refractivity contribution in [2.24, 2.45) is 0 Å². The summed E-state index contributed by atoms with van der Waals surface area (Å²) in [7, 11) is 0. The molecule has 2 rings (SSSR count). The lowest BCUT2D eigenvalue weighted by atomic mass is 10.1. The second kappa shape index (κ2) is 7.09. The maximum atomic E-state index is 11.8. The summed E-state index contributed by atoms with van der Waals surface area (Å²) < 4.78 is 4.65. The molecule has 2 heterocycles. The van der Waals surface area contributed by atoms with Gasteiger partial charge in [-0.3, -0.25) is 9.78 Å². The van der Waals surface area contributed by atoms with Crippen LogP contribution in [0.3, 0.4) is 0 Å². The third-order valence-corrected chi connectivity index (χ3v) is 2.85. The third kappa shape index (κ3) is 3.52. The van der Waals surface area contributed by atoms with Gasteiger partial charge in [-0.1, -0.05) is 6.07 Å². The number of nitrogens with zero attached hydrogens (tertiary/aromatic N) is 3. The first-order valence-electron chi connectivity index (χ1n) is 6.67. The van der Waals surface area contributed by atoms with E-state index in [1.165, 1.54) is 0 Å². The number of hydrogen-bond donors (Lipinski definition) is 0. The summed E-state index contributed by atoms with van der Waals surface area (Å²) in [6.45, 7) is 1.74. The number of Topliss-reactive ketones (excluding diaryl/α,β-unsaturated/α-hetero) is 1. The highest BCUT2D eigenvalue weighted by Crippen LogP contribution is 2.17. The Balaban J connectivity index is 2.32. The first-order valence-corrected chi connectivity index (χ1v) is 6.67. The van der Waals surface area contributed by atoms with Gasteiger partial charge in [-0.2, -0.15) is 5.26 Å². The smallest absolute Gasteiger partial charge is 0.375 e. The van der Waals surface area contributed by atoms with E-state index in [4.69, 9.17) is 5.26 Å². The van der Waals surface area contributed by atoms with Crippen molar-refractivity contribution in [3.05, 3.63) is 47.8 Å². The number of pyridine rings is 2. The molecule has 0 unspecified atom stereocenters. The summed E-state index contributed by atoms with van der Waals surface area (Å²) >= 11 is 0. The van der Waals surface area contributed by atoms with E-state index < -0.39 is 11.8 Å². The van der Waals surface area contributed by atoms with Crippen molar-refractivity contribution < 1.29 is 14.3 Å². The Morgan fingerprint density at radius 3 is 2.68 bits per heavy atom. The fourth-order valence-electron chi connectivity index (χ4n) is 1.83. The summed E-state index contributed by atoms with van der Waals surface area (Å²) in [4.78, 5) is 31.6. The molecule has 2 aromatic heterocycles. The topological polar surface area (TPSA) is 92.9 Å². The molecule has 2 aromatic rings. The molecule has 0 N–H and O–H groups in total. The Morgan fingerprint density at radius 1 is 1.23 bits per heavy atom. The Hall–Kier alpha value is -3.07. The molecule has 0 bridgehead atoms. The van der Waals surface area contributed by atoms with Crippen molar-refractivity contribution >= 4 is 11.8 Å². The Kier molecular flexibility index (Phi) is 4.94. The quantitative estimate of drug-likeness (QED) is 0.615. The van der Waals surface area contributed by atoms with Gasteiger partial charge in [-0.25, -0.2) is 9.78 Å². The second-order valence-electron chi connectivity index (χ2n) is 4.34. The molecular formula is C16H13N3O3. The molecule has 0 aliphatic heterocycles. The molecule has 22 heavy (non-hydrogen) atoms. The van der Waals surface area contributed by atoms with Crippen LogP contribution in [-0.4, -0.2) is 28.3 Å². The zero-order valence-electron chi connectivity index (χ0n) is 11.9.